The number of aryl methyl sites for hydroxylation is 2. The van der Waals surface area contributed by atoms with Gasteiger partial charge in [-0.2, -0.15) is 9.37 Å². The predicted molar refractivity (Wildman–Crippen MR) is 70.3 cm³/mol. The van der Waals surface area contributed by atoms with E-state index in [0.717, 1.165) is 10.0 Å². The van der Waals surface area contributed by atoms with Gasteiger partial charge in [0.15, 0.2) is 0 Å². The average molecular weight is 311 g/mol. The van der Waals surface area contributed by atoms with Crippen LogP contribution in [0.2, 0.25) is 0 Å². The molecule has 0 atom stereocenters. The first-order chi connectivity index (χ1) is 8.61. The minimum Gasteiger partial charge on any atom is -0.435 e. The van der Waals surface area contributed by atoms with E-state index in [2.05, 4.69) is 25.9 Å². The molecule has 0 radical (unpaired) electrons. The second-order valence-electron chi connectivity index (χ2n) is 3.83. The highest BCUT2D eigenvalue weighted by atomic mass is 79.9. The molecular weight excluding hydrogens is 299 g/mol. The molecule has 0 spiro atoms. The standard InChI is InChI=1S/C13H12BrFN2O/c1-3-10-12(15)13(17-7-16-10)18-11-5-4-8(2)6-9(11)14/h4-7H,3H2,1-2H3. The average Bonchev–Trinajstić information content (AvgIpc) is 2.35. The minimum absolute atomic E-state index is 0.0496. The molecule has 0 aliphatic heterocycles. The van der Waals surface area contributed by atoms with Gasteiger partial charge in [-0.15, -0.1) is 0 Å². The molecular formula is C13H12BrFN2O. The van der Waals surface area contributed by atoms with Crippen LogP contribution in [-0.2, 0) is 6.42 Å². The first-order valence-electron chi connectivity index (χ1n) is 5.55. The maximum Gasteiger partial charge on any atom is 0.259 e. The van der Waals surface area contributed by atoms with Gasteiger partial charge in [0, 0.05) is 0 Å². The Balaban J connectivity index is 2.34. The molecule has 1 aromatic carbocycles. The second-order valence-corrected chi connectivity index (χ2v) is 4.68. The molecule has 5 heteroatoms. The zero-order valence-electron chi connectivity index (χ0n) is 10.1. The van der Waals surface area contributed by atoms with E-state index in [1.54, 1.807) is 6.07 Å². The van der Waals surface area contributed by atoms with Crippen molar-refractivity contribution in [2.75, 3.05) is 0 Å². The monoisotopic (exact) mass is 310 g/mol. The third-order valence-corrected chi connectivity index (χ3v) is 3.08. The summed E-state index contributed by atoms with van der Waals surface area (Å²) in [5.41, 5.74) is 1.44. The maximum absolute atomic E-state index is 13.9. The van der Waals surface area contributed by atoms with E-state index in [-0.39, 0.29) is 5.88 Å². The minimum atomic E-state index is -0.507. The summed E-state index contributed by atoms with van der Waals surface area (Å²) in [6, 6.07) is 5.56. The molecule has 0 unspecified atom stereocenters. The number of hydrogen-bond donors (Lipinski definition) is 0. The van der Waals surface area contributed by atoms with Gasteiger partial charge in [-0.05, 0) is 47.0 Å². The Labute approximate surface area is 113 Å². The number of nitrogens with zero attached hydrogens (tertiary/aromatic N) is 2. The Morgan fingerprint density at radius 2 is 2.11 bits per heavy atom. The summed E-state index contributed by atoms with van der Waals surface area (Å²) in [7, 11) is 0. The summed E-state index contributed by atoms with van der Waals surface area (Å²) in [6.07, 6.45) is 1.80. The molecule has 0 N–H and O–H groups in total. The third-order valence-electron chi connectivity index (χ3n) is 2.46. The van der Waals surface area contributed by atoms with Crippen molar-refractivity contribution < 1.29 is 9.13 Å². The van der Waals surface area contributed by atoms with E-state index in [4.69, 9.17) is 4.74 Å². The predicted octanol–water partition coefficient (Wildman–Crippen LogP) is 4.04. The Bertz CT molecular complexity index is 575. The summed E-state index contributed by atoms with van der Waals surface area (Å²) < 4.78 is 20.1. The van der Waals surface area contributed by atoms with Gasteiger partial charge in [0.2, 0.25) is 5.82 Å². The van der Waals surface area contributed by atoms with Crippen molar-refractivity contribution >= 4 is 15.9 Å². The Morgan fingerprint density at radius 3 is 2.78 bits per heavy atom. The van der Waals surface area contributed by atoms with Crippen LogP contribution in [0.15, 0.2) is 29.0 Å². The summed E-state index contributed by atoms with van der Waals surface area (Å²) in [6.45, 7) is 3.80. The largest absolute Gasteiger partial charge is 0.435 e. The van der Waals surface area contributed by atoms with Crippen LogP contribution in [0, 0.1) is 12.7 Å². The fraction of sp³-hybridized carbons (Fsp3) is 0.231. The SMILES string of the molecule is CCc1ncnc(Oc2ccc(C)cc2Br)c1F. The van der Waals surface area contributed by atoms with Gasteiger partial charge in [0.25, 0.3) is 5.88 Å². The molecule has 0 saturated carbocycles. The van der Waals surface area contributed by atoms with Crippen LogP contribution in [-0.4, -0.2) is 9.97 Å². The van der Waals surface area contributed by atoms with Gasteiger partial charge in [-0.3, -0.25) is 0 Å². The number of benzene rings is 1. The lowest BCUT2D eigenvalue weighted by atomic mass is 10.2. The maximum atomic E-state index is 13.9. The van der Waals surface area contributed by atoms with Crippen LogP contribution < -0.4 is 4.74 Å². The van der Waals surface area contributed by atoms with E-state index in [9.17, 15) is 4.39 Å². The lowest BCUT2D eigenvalue weighted by molar-refractivity contribution is 0.413. The van der Waals surface area contributed by atoms with E-state index in [1.165, 1.54) is 6.33 Å². The van der Waals surface area contributed by atoms with Crippen LogP contribution in [0.3, 0.4) is 0 Å². The van der Waals surface area contributed by atoms with Crippen molar-refractivity contribution in [3.8, 4) is 11.6 Å². The molecule has 0 fully saturated rings. The van der Waals surface area contributed by atoms with E-state index in [0.29, 0.717) is 17.9 Å². The van der Waals surface area contributed by atoms with Crippen LogP contribution in [0.1, 0.15) is 18.2 Å². The first kappa shape index (κ1) is 13.0. The van der Waals surface area contributed by atoms with Gasteiger partial charge < -0.3 is 4.74 Å². The van der Waals surface area contributed by atoms with Crippen molar-refractivity contribution in [1.29, 1.82) is 0 Å². The van der Waals surface area contributed by atoms with Crippen molar-refractivity contribution in [2.24, 2.45) is 0 Å². The van der Waals surface area contributed by atoms with Crippen molar-refractivity contribution in [1.82, 2.24) is 9.97 Å². The Hall–Kier alpha value is -1.49. The molecule has 0 aliphatic carbocycles. The molecule has 0 aliphatic rings. The molecule has 0 amide bonds. The van der Waals surface area contributed by atoms with Crippen LogP contribution in [0.5, 0.6) is 11.6 Å². The van der Waals surface area contributed by atoms with Gasteiger partial charge in [-0.1, -0.05) is 13.0 Å². The summed E-state index contributed by atoms with van der Waals surface area (Å²) >= 11 is 3.37. The van der Waals surface area contributed by atoms with Crippen LogP contribution in [0.4, 0.5) is 4.39 Å². The third kappa shape index (κ3) is 2.67. The zero-order chi connectivity index (χ0) is 13.1. The summed E-state index contributed by atoms with van der Waals surface area (Å²) in [5.74, 6) is -0.0286. The fourth-order valence-corrected chi connectivity index (χ4v) is 2.07. The number of rotatable bonds is 3. The summed E-state index contributed by atoms with van der Waals surface area (Å²) in [5, 5.41) is 0. The smallest absolute Gasteiger partial charge is 0.259 e. The van der Waals surface area contributed by atoms with E-state index in [1.807, 2.05) is 26.0 Å². The molecule has 94 valence electrons. The molecule has 0 saturated heterocycles. The highest BCUT2D eigenvalue weighted by Gasteiger charge is 2.13. The van der Waals surface area contributed by atoms with Crippen molar-refractivity contribution in [3.63, 3.8) is 0 Å². The molecule has 2 aromatic rings. The van der Waals surface area contributed by atoms with Crippen LogP contribution >= 0.6 is 15.9 Å². The fourth-order valence-electron chi connectivity index (χ4n) is 1.50. The Kier molecular flexibility index (Phi) is 3.91. The first-order valence-corrected chi connectivity index (χ1v) is 6.34. The molecule has 3 nitrogen and oxygen atoms in total. The highest BCUT2D eigenvalue weighted by molar-refractivity contribution is 9.10. The lowest BCUT2D eigenvalue weighted by Gasteiger charge is -2.09. The van der Waals surface area contributed by atoms with Gasteiger partial charge in [0.05, 0.1) is 10.2 Å². The van der Waals surface area contributed by atoms with Crippen LogP contribution in [0.25, 0.3) is 0 Å². The number of ether oxygens (including phenoxy) is 1. The van der Waals surface area contributed by atoms with Gasteiger partial charge >= 0.3 is 0 Å². The molecule has 18 heavy (non-hydrogen) atoms. The van der Waals surface area contributed by atoms with Gasteiger partial charge in [-0.25, -0.2) is 4.98 Å². The van der Waals surface area contributed by atoms with Crippen molar-refractivity contribution in [3.05, 3.63) is 46.1 Å². The molecule has 0 bridgehead atoms. The van der Waals surface area contributed by atoms with E-state index < -0.39 is 5.82 Å². The van der Waals surface area contributed by atoms with Gasteiger partial charge in [0.1, 0.15) is 12.1 Å². The summed E-state index contributed by atoms with van der Waals surface area (Å²) in [4.78, 5) is 7.67. The number of aromatic nitrogens is 2. The molecule has 2 rings (SSSR count). The quantitative estimate of drug-likeness (QED) is 0.858. The highest BCUT2D eigenvalue weighted by Crippen LogP contribution is 2.30. The van der Waals surface area contributed by atoms with Crippen molar-refractivity contribution in [2.45, 2.75) is 20.3 Å². The number of hydrogen-bond acceptors (Lipinski definition) is 3. The lowest BCUT2D eigenvalue weighted by Crippen LogP contribution is -1.99. The Morgan fingerprint density at radius 1 is 1.33 bits per heavy atom. The number of halogens is 2. The van der Waals surface area contributed by atoms with E-state index >= 15 is 0 Å². The molecule has 1 heterocycles. The second kappa shape index (κ2) is 5.44. The zero-order valence-corrected chi connectivity index (χ0v) is 11.7. The normalized spacial score (nSPS) is 10.4. The molecule has 1 aromatic heterocycles. The topological polar surface area (TPSA) is 35.0 Å².